The van der Waals surface area contributed by atoms with Crippen molar-refractivity contribution < 1.29 is 8.42 Å². The second-order valence-corrected chi connectivity index (χ2v) is 6.64. The number of rotatable bonds is 4. The zero-order valence-corrected chi connectivity index (χ0v) is 13.6. The molecule has 0 radical (unpaired) electrons. The van der Waals surface area contributed by atoms with Gasteiger partial charge in [0.25, 0.3) is 10.2 Å². The molecule has 1 N–H and O–H groups in total. The molecule has 0 bridgehead atoms. The summed E-state index contributed by atoms with van der Waals surface area (Å²) < 4.78 is 29.8. The molecule has 0 spiro atoms. The summed E-state index contributed by atoms with van der Waals surface area (Å²) in [5.74, 6) is 0.764. The van der Waals surface area contributed by atoms with Crippen LogP contribution in [0.2, 0.25) is 0 Å². The topological polar surface area (TPSA) is 70.5 Å². The van der Waals surface area contributed by atoms with E-state index in [1.165, 1.54) is 8.61 Å². The number of hydrogen-bond acceptors (Lipinski definition) is 4. The normalized spacial score (nSPS) is 20.9. The summed E-state index contributed by atoms with van der Waals surface area (Å²) in [4.78, 5) is 4.29. The van der Waals surface area contributed by atoms with Gasteiger partial charge < -0.3 is 9.88 Å². The maximum absolute atomic E-state index is 12.5. The van der Waals surface area contributed by atoms with Crippen molar-refractivity contribution in [2.24, 2.45) is 7.05 Å². The van der Waals surface area contributed by atoms with Gasteiger partial charge in [-0.15, -0.1) is 12.4 Å². The molecule has 2 rings (SSSR count). The number of halogens is 1. The number of nitrogens with zero attached hydrogens (tertiary/aromatic N) is 4. The van der Waals surface area contributed by atoms with E-state index in [0.29, 0.717) is 26.2 Å². The lowest BCUT2D eigenvalue weighted by atomic mass is 10.2. The smallest absolute Gasteiger partial charge is 0.282 e. The number of hydrogen-bond donors (Lipinski definition) is 1. The van der Waals surface area contributed by atoms with Gasteiger partial charge in [-0.05, 0) is 0 Å². The van der Waals surface area contributed by atoms with Crippen LogP contribution in [-0.2, 0) is 17.3 Å². The molecule has 0 amide bonds. The molecular formula is C11H22ClN5O2S. The van der Waals surface area contributed by atoms with Crippen LogP contribution in [0.1, 0.15) is 18.8 Å². The lowest BCUT2D eigenvalue weighted by Crippen LogP contribution is -2.53. The molecule has 9 heteroatoms. The van der Waals surface area contributed by atoms with Gasteiger partial charge in [-0.2, -0.15) is 17.0 Å². The summed E-state index contributed by atoms with van der Waals surface area (Å²) in [6, 6.07) is -0.257. The van der Waals surface area contributed by atoms with Crippen LogP contribution < -0.4 is 5.32 Å². The first-order valence-corrected chi connectivity index (χ1v) is 7.79. The Morgan fingerprint density at radius 3 is 2.80 bits per heavy atom. The average molecular weight is 324 g/mol. The zero-order chi connectivity index (χ0) is 14.0. The monoisotopic (exact) mass is 323 g/mol. The van der Waals surface area contributed by atoms with E-state index in [2.05, 4.69) is 10.3 Å². The quantitative estimate of drug-likeness (QED) is 0.846. The molecule has 116 valence electrons. The van der Waals surface area contributed by atoms with Crippen molar-refractivity contribution in [2.45, 2.75) is 13.0 Å². The second-order valence-electron chi connectivity index (χ2n) is 4.65. The van der Waals surface area contributed by atoms with Crippen LogP contribution in [-0.4, -0.2) is 59.8 Å². The molecular weight excluding hydrogens is 302 g/mol. The largest absolute Gasteiger partial charge is 0.337 e. The molecule has 1 unspecified atom stereocenters. The molecule has 1 fully saturated rings. The zero-order valence-electron chi connectivity index (χ0n) is 12.0. The molecule has 1 aromatic heterocycles. The standard InChI is InChI=1S/C11H21N5O2S.ClH/c1-4-15(3)19(17,18)16-8-5-12-9-10(16)11-13-6-7-14(11)2;/h6-7,10,12H,4-5,8-9H2,1-3H3;1H. The third-order valence-electron chi connectivity index (χ3n) is 3.49. The Bertz CT molecular complexity index is 533. The van der Waals surface area contributed by atoms with Gasteiger partial charge in [-0.3, -0.25) is 0 Å². The first-order chi connectivity index (χ1) is 8.98. The number of nitrogens with one attached hydrogen (secondary N) is 1. The molecule has 20 heavy (non-hydrogen) atoms. The molecule has 0 saturated carbocycles. The van der Waals surface area contributed by atoms with Gasteiger partial charge in [0.15, 0.2) is 0 Å². The minimum Gasteiger partial charge on any atom is -0.337 e. The van der Waals surface area contributed by atoms with Gasteiger partial charge in [0.05, 0.1) is 6.04 Å². The molecule has 2 heterocycles. The molecule has 1 aliphatic rings. The highest BCUT2D eigenvalue weighted by Crippen LogP contribution is 2.24. The van der Waals surface area contributed by atoms with Gasteiger partial charge in [0.1, 0.15) is 5.82 Å². The van der Waals surface area contributed by atoms with Crippen LogP contribution in [0.25, 0.3) is 0 Å². The summed E-state index contributed by atoms with van der Waals surface area (Å²) in [6.07, 6.45) is 3.52. The van der Waals surface area contributed by atoms with E-state index < -0.39 is 10.2 Å². The Balaban J connectivity index is 0.00000200. The van der Waals surface area contributed by atoms with Crippen molar-refractivity contribution in [1.82, 2.24) is 23.5 Å². The van der Waals surface area contributed by atoms with Crippen LogP contribution in [0.4, 0.5) is 0 Å². The van der Waals surface area contributed by atoms with Crippen LogP contribution >= 0.6 is 12.4 Å². The predicted octanol–water partition coefficient (Wildman–Crippen LogP) is -0.0153. The van der Waals surface area contributed by atoms with E-state index in [1.54, 1.807) is 13.2 Å². The van der Waals surface area contributed by atoms with Crippen LogP contribution in [0, 0.1) is 0 Å². The van der Waals surface area contributed by atoms with Crippen molar-refractivity contribution in [3.8, 4) is 0 Å². The molecule has 0 aliphatic carbocycles. The van der Waals surface area contributed by atoms with Gasteiger partial charge in [-0.1, -0.05) is 6.92 Å². The Morgan fingerprint density at radius 2 is 2.25 bits per heavy atom. The number of aromatic nitrogens is 2. The van der Waals surface area contributed by atoms with Gasteiger partial charge in [0, 0.05) is 52.7 Å². The van der Waals surface area contributed by atoms with Gasteiger partial charge in [0.2, 0.25) is 0 Å². The Labute approximate surface area is 126 Å². The minimum atomic E-state index is -3.43. The summed E-state index contributed by atoms with van der Waals surface area (Å²) in [5.41, 5.74) is 0. The van der Waals surface area contributed by atoms with E-state index in [9.17, 15) is 8.42 Å². The van der Waals surface area contributed by atoms with Gasteiger partial charge in [-0.25, -0.2) is 4.98 Å². The predicted molar refractivity (Wildman–Crippen MR) is 80.0 cm³/mol. The summed E-state index contributed by atoms with van der Waals surface area (Å²) in [5, 5.41) is 3.23. The van der Waals surface area contributed by atoms with E-state index in [0.717, 1.165) is 5.82 Å². The molecule has 7 nitrogen and oxygen atoms in total. The fourth-order valence-electron chi connectivity index (χ4n) is 2.22. The maximum Gasteiger partial charge on any atom is 0.282 e. The third kappa shape index (κ3) is 3.15. The summed E-state index contributed by atoms with van der Waals surface area (Å²) in [7, 11) is 0.0535. The van der Waals surface area contributed by atoms with E-state index >= 15 is 0 Å². The Hall–Kier alpha value is -0.670. The Morgan fingerprint density at radius 1 is 1.55 bits per heavy atom. The number of piperazine rings is 1. The first kappa shape index (κ1) is 17.4. The molecule has 1 aromatic rings. The minimum absolute atomic E-state index is 0. The number of imidazole rings is 1. The molecule has 1 saturated heterocycles. The highest BCUT2D eigenvalue weighted by Gasteiger charge is 2.37. The number of aryl methyl sites for hydroxylation is 1. The third-order valence-corrected chi connectivity index (χ3v) is 5.56. The first-order valence-electron chi connectivity index (χ1n) is 6.39. The molecule has 0 aromatic carbocycles. The van der Waals surface area contributed by atoms with Crippen molar-refractivity contribution in [3.05, 3.63) is 18.2 Å². The van der Waals surface area contributed by atoms with E-state index in [1.807, 2.05) is 24.7 Å². The van der Waals surface area contributed by atoms with Crippen molar-refractivity contribution in [2.75, 3.05) is 33.2 Å². The van der Waals surface area contributed by atoms with Crippen LogP contribution in [0.3, 0.4) is 0 Å². The van der Waals surface area contributed by atoms with Crippen molar-refractivity contribution in [3.63, 3.8) is 0 Å². The van der Waals surface area contributed by atoms with Crippen molar-refractivity contribution >= 4 is 22.6 Å². The average Bonchev–Trinajstić information content (AvgIpc) is 2.83. The van der Waals surface area contributed by atoms with Crippen molar-refractivity contribution in [1.29, 1.82) is 0 Å². The molecule has 1 aliphatic heterocycles. The van der Waals surface area contributed by atoms with Crippen LogP contribution in [0.5, 0.6) is 0 Å². The highest BCUT2D eigenvalue weighted by molar-refractivity contribution is 7.86. The SMILES string of the molecule is CCN(C)S(=O)(=O)N1CCNCC1c1nccn1C.Cl. The summed E-state index contributed by atoms with van der Waals surface area (Å²) >= 11 is 0. The second kappa shape index (κ2) is 6.86. The highest BCUT2D eigenvalue weighted by atomic mass is 35.5. The van der Waals surface area contributed by atoms with E-state index in [-0.39, 0.29) is 18.4 Å². The summed E-state index contributed by atoms with van der Waals surface area (Å²) in [6.45, 7) is 4.00. The lowest BCUT2D eigenvalue weighted by Gasteiger charge is -2.36. The lowest BCUT2D eigenvalue weighted by molar-refractivity contribution is 0.242. The molecule has 1 atom stereocenters. The maximum atomic E-state index is 12.5. The van der Waals surface area contributed by atoms with E-state index in [4.69, 9.17) is 0 Å². The fourth-order valence-corrected chi connectivity index (χ4v) is 3.72. The van der Waals surface area contributed by atoms with Crippen LogP contribution in [0.15, 0.2) is 12.4 Å². The van der Waals surface area contributed by atoms with Gasteiger partial charge >= 0.3 is 0 Å². The fraction of sp³-hybridized carbons (Fsp3) is 0.727. The Kier molecular flexibility index (Phi) is 5.96.